The molecule has 33 heavy (non-hydrogen) atoms. The molecular formula is C24H23F2N5O2. The van der Waals surface area contributed by atoms with E-state index in [1.165, 1.54) is 6.07 Å². The summed E-state index contributed by atoms with van der Waals surface area (Å²) in [6.45, 7) is 0. The number of carbonyl (C=O) groups is 1. The summed E-state index contributed by atoms with van der Waals surface area (Å²) in [5, 5.41) is 14.6. The molecule has 3 N–H and O–H groups in total. The van der Waals surface area contributed by atoms with Gasteiger partial charge in [-0.1, -0.05) is 0 Å². The Hall–Kier alpha value is -3.49. The van der Waals surface area contributed by atoms with Crippen molar-refractivity contribution in [2.45, 2.75) is 31.7 Å². The van der Waals surface area contributed by atoms with Crippen molar-refractivity contribution < 1.29 is 18.7 Å². The SMILES string of the molecule is Cn1ccc2c(N[C@H]3C4CCC(CC4)[C@@H]3C(=O)O)nc(-c3c[nH]c4c(F)cc(F)cc34)nc21. The van der Waals surface area contributed by atoms with Crippen molar-refractivity contribution in [1.82, 2.24) is 19.5 Å². The molecule has 0 radical (unpaired) electrons. The fourth-order valence-electron chi connectivity index (χ4n) is 5.88. The highest BCUT2D eigenvalue weighted by Gasteiger charge is 2.47. The van der Waals surface area contributed by atoms with Gasteiger partial charge in [0.1, 0.15) is 23.1 Å². The van der Waals surface area contributed by atoms with Crippen LogP contribution in [0.3, 0.4) is 0 Å². The maximum atomic E-state index is 14.3. The molecule has 0 unspecified atom stereocenters. The van der Waals surface area contributed by atoms with Crippen molar-refractivity contribution >= 4 is 33.7 Å². The van der Waals surface area contributed by atoms with Crippen LogP contribution in [-0.4, -0.2) is 36.6 Å². The van der Waals surface area contributed by atoms with Crippen LogP contribution in [0, 0.1) is 29.4 Å². The first-order chi connectivity index (χ1) is 15.9. The molecule has 0 spiro atoms. The minimum absolute atomic E-state index is 0.164. The first kappa shape index (κ1) is 20.1. The van der Waals surface area contributed by atoms with Crippen LogP contribution in [0.1, 0.15) is 25.7 Å². The van der Waals surface area contributed by atoms with Crippen molar-refractivity contribution in [3.05, 3.63) is 42.2 Å². The van der Waals surface area contributed by atoms with Crippen LogP contribution >= 0.6 is 0 Å². The fourth-order valence-corrected chi connectivity index (χ4v) is 5.88. The Morgan fingerprint density at radius 3 is 2.67 bits per heavy atom. The summed E-state index contributed by atoms with van der Waals surface area (Å²) in [7, 11) is 1.86. The molecule has 3 aliphatic carbocycles. The Morgan fingerprint density at radius 2 is 1.91 bits per heavy atom. The van der Waals surface area contributed by atoms with Gasteiger partial charge >= 0.3 is 5.97 Å². The third-order valence-corrected chi connectivity index (χ3v) is 7.48. The molecule has 0 saturated heterocycles. The van der Waals surface area contributed by atoms with Crippen LogP contribution in [0.5, 0.6) is 0 Å². The van der Waals surface area contributed by atoms with Crippen molar-refractivity contribution in [2.24, 2.45) is 24.8 Å². The summed E-state index contributed by atoms with van der Waals surface area (Å²) in [6, 6.07) is 3.77. The third-order valence-electron chi connectivity index (χ3n) is 7.48. The standard InChI is InChI=1S/C24H23F2N5O2/c1-31-7-6-14-21(28-19-12-4-2-11(3-5-12)18(19)24(32)33)29-22(30-23(14)31)16-10-27-20-15(16)8-13(25)9-17(20)26/h6-12,18-19,27H,2-5H2,1H3,(H,32,33)(H,28,29,30)/t11?,12?,18-,19-/m0/s1. The zero-order chi connectivity index (χ0) is 22.9. The van der Waals surface area contributed by atoms with Gasteiger partial charge in [-0.2, -0.15) is 0 Å². The van der Waals surface area contributed by atoms with Crippen LogP contribution < -0.4 is 5.32 Å². The van der Waals surface area contributed by atoms with Gasteiger partial charge in [0.2, 0.25) is 0 Å². The molecule has 0 aliphatic heterocycles. The molecule has 3 aliphatic rings. The lowest BCUT2D eigenvalue weighted by molar-refractivity contribution is -0.148. The number of aromatic nitrogens is 4. The second kappa shape index (κ2) is 7.26. The van der Waals surface area contributed by atoms with E-state index < -0.39 is 23.5 Å². The maximum absolute atomic E-state index is 14.3. The molecule has 1 aromatic carbocycles. The number of benzene rings is 1. The predicted molar refractivity (Wildman–Crippen MR) is 120 cm³/mol. The predicted octanol–water partition coefficient (Wildman–Crippen LogP) is 4.70. The van der Waals surface area contributed by atoms with Gasteiger partial charge in [-0.15, -0.1) is 0 Å². The molecule has 3 aromatic heterocycles. The summed E-state index contributed by atoms with van der Waals surface area (Å²) >= 11 is 0. The second-order valence-electron chi connectivity index (χ2n) is 9.28. The lowest BCUT2D eigenvalue weighted by Gasteiger charge is -2.47. The van der Waals surface area contributed by atoms with Gasteiger partial charge in [-0.25, -0.2) is 18.7 Å². The Bertz CT molecular complexity index is 1400. The van der Waals surface area contributed by atoms with Gasteiger partial charge in [0, 0.05) is 42.5 Å². The number of aryl methyl sites for hydroxylation is 1. The van der Waals surface area contributed by atoms with E-state index >= 15 is 0 Å². The molecule has 170 valence electrons. The van der Waals surface area contributed by atoms with Gasteiger partial charge in [0.15, 0.2) is 5.82 Å². The number of aromatic amines is 1. The van der Waals surface area contributed by atoms with Crippen LogP contribution in [-0.2, 0) is 11.8 Å². The number of carboxylic acid groups (broad SMARTS) is 1. The number of aliphatic carboxylic acids is 1. The van der Waals surface area contributed by atoms with Gasteiger partial charge in [-0.05, 0) is 49.7 Å². The summed E-state index contributed by atoms with van der Waals surface area (Å²) in [4.78, 5) is 24.4. The largest absolute Gasteiger partial charge is 0.481 e. The van der Waals surface area contributed by atoms with Gasteiger partial charge in [-0.3, -0.25) is 4.79 Å². The van der Waals surface area contributed by atoms with E-state index in [0.29, 0.717) is 28.2 Å². The minimum atomic E-state index is -0.775. The Labute approximate surface area is 187 Å². The number of anilines is 1. The Kier molecular flexibility index (Phi) is 4.43. The van der Waals surface area contributed by atoms with E-state index in [0.717, 1.165) is 37.1 Å². The maximum Gasteiger partial charge on any atom is 0.308 e. The topological polar surface area (TPSA) is 95.8 Å². The lowest BCUT2D eigenvalue weighted by atomic mass is 9.61. The number of halogens is 2. The highest BCUT2D eigenvalue weighted by molar-refractivity contribution is 5.96. The molecule has 2 bridgehead atoms. The number of nitrogens with zero attached hydrogens (tertiary/aromatic N) is 3. The average Bonchev–Trinajstić information content (AvgIpc) is 3.38. The summed E-state index contributed by atoms with van der Waals surface area (Å²) < 4.78 is 30.1. The Balaban J connectivity index is 1.49. The molecule has 4 aromatic rings. The van der Waals surface area contributed by atoms with Crippen LogP contribution in [0.2, 0.25) is 0 Å². The van der Waals surface area contributed by atoms with Gasteiger partial charge in [0.05, 0.1) is 16.8 Å². The lowest BCUT2D eigenvalue weighted by Crippen LogP contribution is -2.51. The summed E-state index contributed by atoms with van der Waals surface area (Å²) in [5.41, 5.74) is 1.32. The molecule has 3 fully saturated rings. The number of fused-ring (bicyclic) bond motifs is 5. The first-order valence-electron chi connectivity index (χ1n) is 11.2. The summed E-state index contributed by atoms with van der Waals surface area (Å²) in [5.74, 6) is -1.31. The molecular weight excluding hydrogens is 428 g/mol. The smallest absolute Gasteiger partial charge is 0.308 e. The van der Waals surface area contributed by atoms with Crippen molar-refractivity contribution in [2.75, 3.05) is 5.32 Å². The van der Waals surface area contributed by atoms with E-state index in [1.54, 1.807) is 6.20 Å². The van der Waals surface area contributed by atoms with Gasteiger partial charge < -0.3 is 20.0 Å². The molecule has 3 heterocycles. The number of carboxylic acids is 1. The first-order valence-corrected chi connectivity index (χ1v) is 11.2. The third kappa shape index (κ3) is 3.09. The quantitative estimate of drug-likeness (QED) is 0.418. The monoisotopic (exact) mass is 451 g/mol. The Morgan fingerprint density at radius 1 is 1.15 bits per heavy atom. The number of H-pyrrole nitrogens is 1. The number of nitrogens with one attached hydrogen (secondary N) is 2. The average molecular weight is 451 g/mol. The fraction of sp³-hybridized carbons (Fsp3) is 0.375. The molecule has 0 amide bonds. The van der Waals surface area contributed by atoms with Crippen LogP contribution in [0.15, 0.2) is 30.6 Å². The van der Waals surface area contributed by atoms with Crippen molar-refractivity contribution in [1.29, 1.82) is 0 Å². The van der Waals surface area contributed by atoms with Crippen LogP contribution in [0.25, 0.3) is 33.3 Å². The molecule has 3 saturated carbocycles. The van der Waals surface area contributed by atoms with Crippen molar-refractivity contribution in [3.8, 4) is 11.4 Å². The van der Waals surface area contributed by atoms with Gasteiger partial charge in [0.25, 0.3) is 0 Å². The molecule has 2 atom stereocenters. The number of hydrogen-bond acceptors (Lipinski definition) is 4. The highest BCUT2D eigenvalue weighted by atomic mass is 19.1. The molecule has 9 heteroatoms. The van der Waals surface area contributed by atoms with E-state index in [9.17, 15) is 18.7 Å². The van der Waals surface area contributed by atoms with E-state index in [-0.39, 0.29) is 23.4 Å². The molecule has 7 rings (SSSR count). The van der Waals surface area contributed by atoms with Crippen molar-refractivity contribution in [3.63, 3.8) is 0 Å². The number of rotatable bonds is 4. The highest BCUT2D eigenvalue weighted by Crippen LogP contribution is 2.46. The molecule has 7 nitrogen and oxygen atoms in total. The zero-order valence-corrected chi connectivity index (χ0v) is 18.0. The zero-order valence-electron chi connectivity index (χ0n) is 18.0. The minimum Gasteiger partial charge on any atom is -0.481 e. The second-order valence-corrected chi connectivity index (χ2v) is 9.28. The normalized spacial score (nSPS) is 24.6. The van der Waals surface area contributed by atoms with E-state index in [4.69, 9.17) is 4.98 Å². The van der Waals surface area contributed by atoms with Crippen LogP contribution in [0.4, 0.5) is 14.6 Å². The number of hydrogen-bond donors (Lipinski definition) is 3. The van der Waals surface area contributed by atoms with E-state index in [2.05, 4.69) is 15.3 Å². The van der Waals surface area contributed by atoms with E-state index in [1.807, 2.05) is 23.9 Å². The summed E-state index contributed by atoms with van der Waals surface area (Å²) in [6.07, 6.45) is 7.34.